The largest absolute Gasteiger partial charge is 0.460 e. The summed E-state index contributed by atoms with van der Waals surface area (Å²) in [6, 6.07) is 0. The molecule has 1 aliphatic rings. The van der Waals surface area contributed by atoms with Gasteiger partial charge in [0.1, 0.15) is 0 Å². The lowest BCUT2D eigenvalue weighted by atomic mass is 10.1. The first-order valence-electron chi connectivity index (χ1n) is 7.23. The van der Waals surface area contributed by atoms with Gasteiger partial charge < -0.3 is 10.6 Å². The zero-order chi connectivity index (χ0) is 27.6. The summed E-state index contributed by atoms with van der Waals surface area (Å²) in [5.74, 6) is -22.5. The highest BCUT2D eigenvalue weighted by atomic mass is 32.2. The molecule has 0 aromatic rings. The van der Waals surface area contributed by atoms with E-state index in [0.717, 1.165) is 0 Å². The minimum atomic E-state index is -7.57. The Bertz CT molecular complexity index is 856. The smallest absolute Gasteiger partial charge is 0.311 e. The fourth-order valence-electron chi connectivity index (χ4n) is 1.79. The summed E-state index contributed by atoms with van der Waals surface area (Å²) in [7, 11) is 0. The van der Waals surface area contributed by atoms with Gasteiger partial charge in [-0.3, -0.25) is 9.59 Å². The van der Waals surface area contributed by atoms with Crippen molar-refractivity contribution < 1.29 is 84.2 Å². The molecule has 1 atom stereocenters. The van der Waals surface area contributed by atoms with Crippen LogP contribution in [0.4, 0.5) is 74.6 Å². The van der Waals surface area contributed by atoms with Crippen LogP contribution in [0.25, 0.3) is 0 Å². The van der Waals surface area contributed by atoms with Crippen molar-refractivity contribution in [2.45, 2.75) is 47.2 Å². The fourth-order valence-corrected chi connectivity index (χ4v) is 2.65. The first-order chi connectivity index (χ1) is 14.6. The lowest BCUT2D eigenvalue weighted by molar-refractivity contribution is -0.347. The summed E-state index contributed by atoms with van der Waals surface area (Å²) in [5, 5.41) is -8.43. The van der Waals surface area contributed by atoms with Gasteiger partial charge in [-0.25, -0.2) is 9.38 Å². The maximum absolute atomic E-state index is 13.7. The molecule has 5 nitrogen and oxygen atoms in total. The van der Waals surface area contributed by atoms with Crippen LogP contribution in [0.15, 0.2) is 4.99 Å². The average molecular weight is 563 g/mol. The summed E-state index contributed by atoms with van der Waals surface area (Å²) in [4.78, 5) is 23.6. The first kappa shape index (κ1) is 29.8. The first-order valence-corrected chi connectivity index (χ1v) is 8.04. The highest BCUT2D eigenvalue weighted by Crippen LogP contribution is 2.51. The number of hydrogen-bond donors (Lipinski definition) is 2. The monoisotopic (exact) mass is 563 g/mol. The van der Waals surface area contributed by atoms with Crippen molar-refractivity contribution in [2.24, 2.45) is 4.99 Å². The molecule has 1 fully saturated rings. The van der Waals surface area contributed by atoms with E-state index in [1.54, 1.807) is 0 Å². The zero-order valence-electron chi connectivity index (χ0n) is 14.6. The van der Waals surface area contributed by atoms with Crippen molar-refractivity contribution in [3.8, 4) is 0 Å². The molecule has 23 heteroatoms. The van der Waals surface area contributed by atoms with Crippen molar-refractivity contribution in [3.05, 3.63) is 0 Å². The van der Waals surface area contributed by atoms with Crippen LogP contribution in [0.5, 0.6) is 0 Å². The number of amidine groups is 1. The number of nitrogens with zero attached hydrogens (tertiary/aromatic N) is 1. The van der Waals surface area contributed by atoms with Crippen LogP contribution in [-0.4, -0.2) is 64.2 Å². The van der Waals surface area contributed by atoms with Gasteiger partial charge in [0.25, 0.3) is 11.8 Å². The maximum Gasteiger partial charge on any atom is 0.460 e. The Morgan fingerprint density at radius 3 is 1.50 bits per heavy atom. The van der Waals surface area contributed by atoms with Crippen LogP contribution in [0.1, 0.15) is 0 Å². The van der Waals surface area contributed by atoms with Crippen LogP contribution in [-0.2, 0) is 9.59 Å². The highest BCUT2D eigenvalue weighted by Gasteiger charge is 2.80. The van der Waals surface area contributed by atoms with Crippen LogP contribution < -0.4 is 10.6 Å². The summed E-state index contributed by atoms with van der Waals surface area (Å²) < 4.78 is 219. The number of amides is 2. The molecule has 0 spiro atoms. The number of thioether (sulfide) groups is 1. The third kappa shape index (κ3) is 4.53. The standard InChI is InChI=1S/C11H2F17N3O2S/c12-4(13,6(15,16)9(20,21)22)1(32)30-7(10(23,24)25,11(26,27)28)31-3-29-2(33)5(14,34-3)8(17,18)19/h(H,30,32)(H,29,31,33)/t5-/m0/s1. The number of alkyl halides is 17. The molecule has 0 aromatic heterocycles. The quantitative estimate of drug-likeness (QED) is 0.505. The van der Waals surface area contributed by atoms with Crippen LogP contribution in [0, 0.1) is 0 Å². The Morgan fingerprint density at radius 2 is 1.21 bits per heavy atom. The number of carbonyl (C=O) groups is 2. The molecule has 0 bridgehead atoms. The lowest BCUT2D eigenvalue weighted by Gasteiger charge is -2.36. The second kappa shape index (κ2) is 7.90. The van der Waals surface area contributed by atoms with Crippen molar-refractivity contribution in [3.63, 3.8) is 0 Å². The molecule has 0 aliphatic carbocycles. The van der Waals surface area contributed by atoms with Crippen LogP contribution in [0.3, 0.4) is 0 Å². The molecule has 1 rings (SSSR count). The third-order valence-corrected chi connectivity index (χ3v) is 4.62. The maximum atomic E-state index is 13.7. The van der Waals surface area contributed by atoms with E-state index in [-0.39, 0.29) is 0 Å². The Hall–Kier alpha value is -2.23. The Labute approximate surface area is 177 Å². The molecule has 1 heterocycles. The van der Waals surface area contributed by atoms with Gasteiger partial charge in [-0.05, 0) is 11.8 Å². The molecule has 0 radical (unpaired) electrons. The van der Waals surface area contributed by atoms with E-state index in [1.165, 1.54) is 4.99 Å². The molecule has 1 saturated heterocycles. The molecule has 2 N–H and O–H groups in total. The van der Waals surface area contributed by atoms with E-state index in [1.807, 2.05) is 0 Å². The summed E-state index contributed by atoms with van der Waals surface area (Å²) in [6.45, 7) is 0. The van der Waals surface area contributed by atoms with Gasteiger partial charge in [-0.2, -0.15) is 70.2 Å². The summed E-state index contributed by atoms with van der Waals surface area (Å²) in [6.07, 6.45) is -28.4. The molecule has 198 valence electrons. The average Bonchev–Trinajstić information content (AvgIpc) is 2.85. The summed E-state index contributed by atoms with van der Waals surface area (Å²) >= 11 is -1.84. The second-order valence-electron chi connectivity index (χ2n) is 5.87. The van der Waals surface area contributed by atoms with Crippen molar-refractivity contribution in [2.75, 3.05) is 0 Å². The zero-order valence-corrected chi connectivity index (χ0v) is 15.4. The predicted molar refractivity (Wildman–Crippen MR) is 72.0 cm³/mol. The number of rotatable bonds is 4. The number of hydrogen-bond acceptors (Lipinski definition) is 4. The molecular formula is C11H2F17N3O2S. The molecule has 34 heavy (non-hydrogen) atoms. The topological polar surface area (TPSA) is 70.6 Å². The number of aliphatic imine (C=N–C) groups is 1. The predicted octanol–water partition coefficient (Wildman–Crippen LogP) is 4.20. The Balaban J connectivity index is 3.73. The minimum absolute atomic E-state index is 0.429. The Morgan fingerprint density at radius 1 is 0.794 bits per heavy atom. The fraction of sp³-hybridized carbons (Fsp3) is 0.727. The molecule has 2 amide bonds. The van der Waals surface area contributed by atoms with E-state index in [0.29, 0.717) is 5.32 Å². The normalized spacial score (nSPS) is 22.7. The van der Waals surface area contributed by atoms with Crippen LogP contribution in [0.2, 0.25) is 0 Å². The van der Waals surface area contributed by atoms with E-state index in [2.05, 4.69) is 0 Å². The van der Waals surface area contributed by atoms with Crippen molar-refractivity contribution >= 4 is 28.7 Å². The highest BCUT2D eigenvalue weighted by molar-refractivity contribution is 8.16. The molecular weight excluding hydrogens is 561 g/mol. The molecule has 1 aliphatic heterocycles. The van der Waals surface area contributed by atoms with Gasteiger partial charge in [-0.1, -0.05) is 0 Å². The number of halogens is 17. The molecule has 0 unspecified atom stereocenters. The van der Waals surface area contributed by atoms with Gasteiger partial charge >= 0.3 is 47.2 Å². The Kier molecular flexibility index (Phi) is 6.92. The van der Waals surface area contributed by atoms with E-state index in [9.17, 15) is 84.2 Å². The molecule has 0 saturated carbocycles. The minimum Gasteiger partial charge on any atom is -0.311 e. The summed E-state index contributed by atoms with van der Waals surface area (Å²) in [5.41, 5.74) is -6.67. The van der Waals surface area contributed by atoms with Gasteiger partial charge in [0, 0.05) is 0 Å². The van der Waals surface area contributed by atoms with Gasteiger partial charge in [-0.15, -0.1) is 0 Å². The lowest BCUT2D eigenvalue weighted by Crippen LogP contribution is -2.71. The van der Waals surface area contributed by atoms with Crippen molar-refractivity contribution in [1.82, 2.24) is 10.6 Å². The van der Waals surface area contributed by atoms with E-state index >= 15 is 0 Å². The van der Waals surface area contributed by atoms with Gasteiger partial charge in [0.05, 0.1) is 0 Å². The van der Waals surface area contributed by atoms with Gasteiger partial charge in [0.2, 0.25) is 0 Å². The van der Waals surface area contributed by atoms with Gasteiger partial charge in [0.15, 0.2) is 5.17 Å². The van der Waals surface area contributed by atoms with Crippen molar-refractivity contribution in [1.29, 1.82) is 0 Å². The van der Waals surface area contributed by atoms with E-state index in [4.69, 9.17) is 0 Å². The third-order valence-electron chi connectivity index (χ3n) is 3.53. The van der Waals surface area contributed by atoms with Crippen LogP contribution >= 0.6 is 11.8 Å². The second-order valence-corrected chi connectivity index (χ2v) is 7.03. The number of nitrogens with one attached hydrogen (secondary N) is 2. The SMILES string of the molecule is O=C(NC(N=C1NC(=O)[C@@](F)(C(F)(F)F)S1)(C(F)(F)F)C(F)(F)F)C(F)(F)C(F)(F)C(F)(F)F. The van der Waals surface area contributed by atoms with E-state index < -0.39 is 81.3 Å². The molecule has 0 aromatic carbocycles. The number of carbonyl (C=O) groups excluding carboxylic acids is 2.